The fourth-order valence-electron chi connectivity index (χ4n) is 3.48. The van der Waals surface area contributed by atoms with Crippen molar-refractivity contribution in [1.29, 1.82) is 0 Å². The maximum absolute atomic E-state index is 12.1. The van der Waals surface area contributed by atoms with Gasteiger partial charge >= 0.3 is 5.97 Å². The standard InChI is InChI=1S/C20H23N5O3S/c1-20(2,3)12-4-5-13-11(8-12)9-14(29-13)18-25-24-15(28-18)10-27-19(26)16-17(21)23-7-6-22-16/h6-7,9,12H,4-5,8,10H2,1-3H3,(H2,21,23). The summed E-state index contributed by atoms with van der Waals surface area (Å²) >= 11 is 1.70. The second-order valence-corrected chi connectivity index (χ2v) is 9.37. The normalized spacial score (nSPS) is 16.4. The molecule has 0 amide bonds. The number of fused-ring (bicyclic) bond motifs is 1. The number of thiophene rings is 1. The van der Waals surface area contributed by atoms with Crippen LogP contribution >= 0.6 is 11.3 Å². The first-order valence-corrected chi connectivity index (χ1v) is 10.3. The summed E-state index contributed by atoms with van der Waals surface area (Å²) in [5.41, 5.74) is 7.27. The Labute approximate surface area is 172 Å². The Kier molecular flexibility index (Phi) is 5.08. The minimum Gasteiger partial charge on any atom is -0.451 e. The van der Waals surface area contributed by atoms with E-state index in [0.717, 1.165) is 17.7 Å². The summed E-state index contributed by atoms with van der Waals surface area (Å²) in [6.07, 6.45) is 6.14. The summed E-state index contributed by atoms with van der Waals surface area (Å²) < 4.78 is 10.9. The fourth-order valence-corrected chi connectivity index (χ4v) is 4.61. The maximum Gasteiger partial charge on any atom is 0.361 e. The molecule has 4 rings (SSSR count). The lowest BCUT2D eigenvalue weighted by Crippen LogP contribution is -2.26. The largest absolute Gasteiger partial charge is 0.451 e. The molecule has 1 aliphatic carbocycles. The molecular weight excluding hydrogens is 390 g/mol. The van der Waals surface area contributed by atoms with E-state index in [1.165, 1.54) is 29.3 Å². The molecule has 8 nitrogen and oxygen atoms in total. The van der Waals surface area contributed by atoms with Crippen molar-refractivity contribution in [2.45, 2.75) is 46.6 Å². The van der Waals surface area contributed by atoms with Gasteiger partial charge in [-0.2, -0.15) is 0 Å². The van der Waals surface area contributed by atoms with Gasteiger partial charge in [-0.15, -0.1) is 21.5 Å². The lowest BCUT2D eigenvalue weighted by molar-refractivity contribution is 0.0432. The predicted octanol–water partition coefficient (Wildman–Crippen LogP) is 3.68. The molecule has 3 aromatic rings. The van der Waals surface area contributed by atoms with Gasteiger partial charge in [-0.1, -0.05) is 20.8 Å². The number of esters is 1. The number of carbonyl (C=O) groups is 1. The van der Waals surface area contributed by atoms with E-state index < -0.39 is 5.97 Å². The van der Waals surface area contributed by atoms with Crippen LogP contribution in [0.2, 0.25) is 0 Å². The Morgan fingerprint density at radius 2 is 2.10 bits per heavy atom. The second kappa shape index (κ2) is 7.55. The van der Waals surface area contributed by atoms with Crippen molar-refractivity contribution >= 4 is 23.1 Å². The van der Waals surface area contributed by atoms with Crippen LogP contribution in [0, 0.1) is 11.3 Å². The van der Waals surface area contributed by atoms with Gasteiger partial charge in [0.1, 0.15) is 0 Å². The molecule has 29 heavy (non-hydrogen) atoms. The molecule has 3 heterocycles. The highest BCUT2D eigenvalue weighted by atomic mass is 32.1. The van der Waals surface area contributed by atoms with E-state index in [4.69, 9.17) is 14.9 Å². The van der Waals surface area contributed by atoms with E-state index in [9.17, 15) is 4.79 Å². The van der Waals surface area contributed by atoms with Crippen LogP contribution in [0.1, 0.15) is 54.0 Å². The van der Waals surface area contributed by atoms with Gasteiger partial charge in [0.05, 0.1) is 4.88 Å². The van der Waals surface area contributed by atoms with Gasteiger partial charge in [0.25, 0.3) is 11.8 Å². The number of aryl methyl sites for hydroxylation is 1. The molecule has 0 aliphatic heterocycles. The van der Waals surface area contributed by atoms with Crippen LogP contribution in [0.25, 0.3) is 10.8 Å². The molecule has 152 valence electrons. The lowest BCUT2D eigenvalue weighted by Gasteiger charge is -2.33. The molecule has 1 unspecified atom stereocenters. The predicted molar refractivity (Wildman–Crippen MR) is 108 cm³/mol. The Bertz CT molecular complexity index is 1040. The van der Waals surface area contributed by atoms with E-state index in [1.807, 2.05) is 0 Å². The van der Waals surface area contributed by atoms with Crippen molar-refractivity contribution < 1.29 is 13.9 Å². The van der Waals surface area contributed by atoms with Crippen molar-refractivity contribution in [2.75, 3.05) is 5.73 Å². The minimum absolute atomic E-state index is 0.0152. The van der Waals surface area contributed by atoms with Crippen molar-refractivity contribution in [1.82, 2.24) is 20.2 Å². The van der Waals surface area contributed by atoms with Gasteiger partial charge in [-0.3, -0.25) is 0 Å². The van der Waals surface area contributed by atoms with Crippen LogP contribution in [0.15, 0.2) is 22.9 Å². The van der Waals surface area contributed by atoms with E-state index in [2.05, 4.69) is 47.0 Å². The molecule has 0 bridgehead atoms. The van der Waals surface area contributed by atoms with Crippen LogP contribution in [0.3, 0.4) is 0 Å². The average Bonchev–Trinajstić information content (AvgIpc) is 3.31. The third-order valence-electron chi connectivity index (χ3n) is 5.23. The number of hydrogen-bond acceptors (Lipinski definition) is 9. The van der Waals surface area contributed by atoms with E-state index in [-0.39, 0.29) is 24.0 Å². The summed E-state index contributed by atoms with van der Waals surface area (Å²) in [6.45, 7) is 6.75. The Morgan fingerprint density at radius 3 is 2.86 bits per heavy atom. The molecule has 0 saturated heterocycles. The molecule has 1 aliphatic rings. The fraction of sp³-hybridized carbons (Fsp3) is 0.450. The van der Waals surface area contributed by atoms with Crippen molar-refractivity contribution in [3.63, 3.8) is 0 Å². The second-order valence-electron chi connectivity index (χ2n) is 8.23. The SMILES string of the molecule is CC(C)(C)C1CCc2sc(-c3nnc(COC(=O)c4nccnc4N)o3)cc2C1. The first-order chi connectivity index (χ1) is 13.8. The third kappa shape index (κ3) is 4.14. The van der Waals surface area contributed by atoms with Gasteiger partial charge in [-0.25, -0.2) is 14.8 Å². The van der Waals surface area contributed by atoms with Crippen molar-refractivity contribution in [2.24, 2.45) is 11.3 Å². The molecule has 0 radical (unpaired) electrons. The number of rotatable bonds is 4. The zero-order valence-electron chi connectivity index (χ0n) is 16.6. The highest BCUT2D eigenvalue weighted by molar-refractivity contribution is 7.15. The van der Waals surface area contributed by atoms with E-state index >= 15 is 0 Å². The highest BCUT2D eigenvalue weighted by Crippen LogP contribution is 2.42. The number of nitrogens with zero attached hydrogens (tertiary/aromatic N) is 4. The number of carbonyl (C=O) groups excluding carboxylic acids is 1. The van der Waals surface area contributed by atoms with Crippen molar-refractivity contribution in [3.05, 3.63) is 40.5 Å². The van der Waals surface area contributed by atoms with Crippen molar-refractivity contribution in [3.8, 4) is 10.8 Å². The zero-order valence-corrected chi connectivity index (χ0v) is 17.5. The monoisotopic (exact) mass is 413 g/mol. The maximum atomic E-state index is 12.1. The lowest BCUT2D eigenvalue weighted by atomic mass is 9.72. The van der Waals surface area contributed by atoms with Crippen LogP contribution in [-0.4, -0.2) is 26.1 Å². The molecule has 9 heteroatoms. The number of anilines is 1. The van der Waals surface area contributed by atoms with Crippen LogP contribution in [-0.2, 0) is 24.2 Å². The Balaban J connectivity index is 1.43. The molecule has 0 spiro atoms. The molecule has 0 fully saturated rings. The third-order valence-corrected chi connectivity index (χ3v) is 6.46. The highest BCUT2D eigenvalue weighted by Gasteiger charge is 2.30. The first-order valence-electron chi connectivity index (χ1n) is 9.49. The number of nitrogen functional groups attached to an aromatic ring is 1. The minimum atomic E-state index is -0.685. The Morgan fingerprint density at radius 1 is 1.31 bits per heavy atom. The smallest absolute Gasteiger partial charge is 0.361 e. The number of hydrogen-bond donors (Lipinski definition) is 1. The van der Waals surface area contributed by atoms with E-state index in [0.29, 0.717) is 17.2 Å². The van der Waals surface area contributed by atoms with Gasteiger partial charge in [-0.05, 0) is 42.2 Å². The van der Waals surface area contributed by atoms with Crippen LogP contribution in [0.4, 0.5) is 5.82 Å². The van der Waals surface area contributed by atoms with Crippen LogP contribution in [0.5, 0.6) is 0 Å². The molecule has 0 saturated carbocycles. The average molecular weight is 414 g/mol. The van der Waals surface area contributed by atoms with Gasteiger partial charge in [0, 0.05) is 17.3 Å². The Hall–Kier alpha value is -2.81. The number of nitrogens with two attached hydrogens (primary N) is 1. The van der Waals surface area contributed by atoms with Gasteiger partial charge in [0.2, 0.25) is 0 Å². The van der Waals surface area contributed by atoms with E-state index in [1.54, 1.807) is 11.3 Å². The molecule has 0 aromatic carbocycles. The summed E-state index contributed by atoms with van der Waals surface area (Å²) in [4.78, 5) is 22.1. The molecule has 3 aromatic heterocycles. The quantitative estimate of drug-likeness (QED) is 0.644. The summed E-state index contributed by atoms with van der Waals surface area (Å²) in [5.74, 6) is 0.664. The summed E-state index contributed by atoms with van der Waals surface area (Å²) in [6, 6.07) is 2.15. The first kappa shape index (κ1) is 19.5. The van der Waals surface area contributed by atoms with Gasteiger partial charge in [0.15, 0.2) is 18.1 Å². The molecule has 1 atom stereocenters. The number of aromatic nitrogens is 4. The summed E-state index contributed by atoms with van der Waals surface area (Å²) in [5, 5.41) is 8.10. The van der Waals surface area contributed by atoms with Gasteiger partial charge < -0.3 is 14.9 Å². The number of ether oxygens (including phenoxy) is 1. The summed E-state index contributed by atoms with van der Waals surface area (Å²) in [7, 11) is 0. The zero-order chi connectivity index (χ0) is 20.6. The molecular formula is C20H23N5O3S. The van der Waals surface area contributed by atoms with Crippen LogP contribution < -0.4 is 5.73 Å². The molecule has 2 N–H and O–H groups in total. The topological polar surface area (TPSA) is 117 Å².